The van der Waals surface area contributed by atoms with Crippen molar-refractivity contribution in [3.05, 3.63) is 54.1 Å². The van der Waals surface area contributed by atoms with Crippen LogP contribution < -0.4 is 21.7 Å². The van der Waals surface area contributed by atoms with Gasteiger partial charge in [0.15, 0.2) is 5.96 Å². The monoisotopic (exact) mass is 325 g/mol. The Morgan fingerprint density at radius 1 is 0.958 bits per heavy atom. The lowest BCUT2D eigenvalue weighted by molar-refractivity contribution is 0.262. The molecule has 0 aromatic heterocycles. The number of hydrogen-bond donors (Lipinski definition) is 4. The molecule has 0 atom stereocenters. The largest absolute Gasteiger partial charge is 0.370 e. The first kappa shape index (κ1) is 17.3. The van der Waals surface area contributed by atoms with Crippen LogP contribution in [0.4, 0.5) is 21.9 Å². The van der Waals surface area contributed by atoms with Crippen molar-refractivity contribution in [1.82, 2.24) is 0 Å². The smallest absolute Gasteiger partial charge is 0.323 e. The first-order valence-electron chi connectivity index (χ1n) is 7.77. The Hall–Kier alpha value is -3.02. The summed E-state index contributed by atoms with van der Waals surface area (Å²) in [6, 6.07) is 14.7. The molecule has 24 heavy (non-hydrogen) atoms. The number of aryl methyl sites for hydroxylation is 1. The molecule has 0 unspecified atom stereocenters. The third-order valence-corrected chi connectivity index (χ3v) is 3.10. The van der Waals surface area contributed by atoms with Gasteiger partial charge in [-0.3, -0.25) is 4.99 Å². The van der Waals surface area contributed by atoms with E-state index in [4.69, 9.17) is 5.73 Å². The summed E-state index contributed by atoms with van der Waals surface area (Å²) in [4.78, 5) is 16.3. The number of anilines is 3. The van der Waals surface area contributed by atoms with Gasteiger partial charge in [-0.05, 0) is 51.1 Å². The highest BCUT2D eigenvalue weighted by Gasteiger charge is 2.04. The third kappa shape index (κ3) is 5.64. The van der Waals surface area contributed by atoms with Crippen LogP contribution in [0.15, 0.2) is 53.5 Å². The van der Waals surface area contributed by atoms with E-state index in [0.29, 0.717) is 11.6 Å². The van der Waals surface area contributed by atoms with Gasteiger partial charge in [-0.15, -0.1) is 0 Å². The molecule has 2 aromatic carbocycles. The number of amides is 2. The maximum absolute atomic E-state index is 12.1. The minimum absolute atomic E-state index is 0.110. The number of carbonyl (C=O) groups is 1. The topological polar surface area (TPSA) is 91.5 Å². The van der Waals surface area contributed by atoms with Crippen LogP contribution in [0.1, 0.15) is 19.4 Å². The minimum Gasteiger partial charge on any atom is -0.370 e. The van der Waals surface area contributed by atoms with Crippen molar-refractivity contribution in [2.45, 2.75) is 26.8 Å². The van der Waals surface area contributed by atoms with E-state index < -0.39 is 0 Å². The molecular formula is C18H23N5O. The Bertz CT molecular complexity index is 722. The van der Waals surface area contributed by atoms with Crippen LogP contribution in [0.2, 0.25) is 0 Å². The zero-order valence-electron chi connectivity index (χ0n) is 14.1. The number of urea groups is 1. The fourth-order valence-corrected chi connectivity index (χ4v) is 2.06. The van der Waals surface area contributed by atoms with E-state index in [9.17, 15) is 4.79 Å². The second kappa shape index (κ2) is 8.01. The summed E-state index contributed by atoms with van der Waals surface area (Å²) in [5, 5.41) is 8.57. The van der Waals surface area contributed by atoms with Crippen molar-refractivity contribution in [2.24, 2.45) is 10.7 Å². The van der Waals surface area contributed by atoms with Gasteiger partial charge in [-0.25, -0.2) is 4.79 Å². The molecule has 6 heteroatoms. The Morgan fingerprint density at radius 3 is 2.17 bits per heavy atom. The average molecular weight is 325 g/mol. The van der Waals surface area contributed by atoms with Crippen LogP contribution in [0, 0.1) is 6.92 Å². The van der Waals surface area contributed by atoms with Crippen molar-refractivity contribution in [1.29, 1.82) is 0 Å². The molecule has 5 N–H and O–H groups in total. The van der Waals surface area contributed by atoms with E-state index in [2.05, 4.69) is 20.9 Å². The normalized spacial score (nSPS) is 11.2. The lowest BCUT2D eigenvalue weighted by atomic mass is 10.2. The number of nitrogens with zero attached hydrogens (tertiary/aromatic N) is 1. The molecule has 0 saturated heterocycles. The van der Waals surface area contributed by atoms with Crippen LogP contribution in [0.25, 0.3) is 0 Å². The molecule has 0 bridgehead atoms. The van der Waals surface area contributed by atoms with Crippen LogP contribution in [-0.2, 0) is 0 Å². The van der Waals surface area contributed by atoms with Crippen molar-refractivity contribution >= 4 is 29.1 Å². The Kier molecular flexibility index (Phi) is 5.78. The Labute approximate surface area is 142 Å². The predicted octanol–water partition coefficient (Wildman–Crippen LogP) is 3.77. The fourth-order valence-electron chi connectivity index (χ4n) is 2.06. The second-order valence-corrected chi connectivity index (χ2v) is 5.76. The predicted molar refractivity (Wildman–Crippen MR) is 101 cm³/mol. The highest BCUT2D eigenvalue weighted by atomic mass is 16.2. The molecule has 0 heterocycles. The summed E-state index contributed by atoms with van der Waals surface area (Å²) in [5.74, 6) is 0.339. The van der Waals surface area contributed by atoms with Gasteiger partial charge in [-0.2, -0.15) is 0 Å². The Morgan fingerprint density at radius 2 is 1.54 bits per heavy atom. The first-order chi connectivity index (χ1) is 11.4. The van der Waals surface area contributed by atoms with E-state index in [1.807, 2.05) is 57.2 Å². The minimum atomic E-state index is -0.306. The van der Waals surface area contributed by atoms with Gasteiger partial charge >= 0.3 is 6.03 Å². The third-order valence-electron chi connectivity index (χ3n) is 3.10. The van der Waals surface area contributed by atoms with E-state index in [-0.39, 0.29) is 12.1 Å². The number of nitrogens with two attached hydrogens (primary N) is 1. The molecule has 0 spiro atoms. The van der Waals surface area contributed by atoms with Crippen LogP contribution in [0.5, 0.6) is 0 Å². The molecule has 0 aliphatic carbocycles. The zero-order chi connectivity index (χ0) is 17.5. The highest BCUT2D eigenvalue weighted by molar-refractivity contribution is 6.00. The van der Waals surface area contributed by atoms with Crippen LogP contribution in [-0.4, -0.2) is 18.0 Å². The molecule has 2 amide bonds. The second-order valence-electron chi connectivity index (χ2n) is 5.76. The van der Waals surface area contributed by atoms with Gasteiger partial charge in [0.2, 0.25) is 0 Å². The lowest BCUT2D eigenvalue weighted by Crippen LogP contribution is -2.24. The van der Waals surface area contributed by atoms with Crippen LogP contribution >= 0.6 is 0 Å². The summed E-state index contributed by atoms with van der Waals surface area (Å²) in [6.07, 6.45) is 0. The molecule has 0 saturated carbocycles. The molecule has 2 rings (SSSR count). The van der Waals surface area contributed by atoms with E-state index in [1.54, 1.807) is 12.1 Å². The average Bonchev–Trinajstić information content (AvgIpc) is 2.49. The number of rotatable bonds is 4. The number of benzene rings is 2. The highest BCUT2D eigenvalue weighted by Crippen LogP contribution is 2.16. The summed E-state index contributed by atoms with van der Waals surface area (Å²) in [5.41, 5.74) is 9.10. The molecule has 0 aliphatic rings. The molecule has 2 aromatic rings. The maximum atomic E-state index is 12.1. The van der Waals surface area contributed by atoms with Gasteiger partial charge in [-0.1, -0.05) is 23.8 Å². The van der Waals surface area contributed by atoms with E-state index >= 15 is 0 Å². The molecule has 6 nitrogen and oxygen atoms in total. The summed E-state index contributed by atoms with van der Waals surface area (Å²) >= 11 is 0. The lowest BCUT2D eigenvalue weighted by Gasteiger charge is -2.11. The van der Waals surface area contributed by atoms with Gasteiger partial charge in [0.1, 0.15) is 0 Å². The quantitative estimate of drug-likeness (QED) is 0.509. The zero-order valence-corrected chi connectivity index (χ0v) is 14.1. The Balaban J connectivity index is 1.98. The van der Waals surface area contributed by atoms with E-state index in [0.717, 1.165) is 16.9 Å². The molecule has 0 fully saturated rings. The molecule has 0 aliphatic heterocycles. The summed E-state index contributed by atoms with van der Waals surface area (Å²) in [7, 11) is 0. The number of guanidine groups is 1. The van der Waals surface area contributed by atoms with Crippen molar-refractivity contribution in [3.63, 3.8) is 0 Å². The van der Waals surface area contributed by atoms with Gasteiger partial charge in [0.05, 0.1) is 0 Å². The van der Waals surface area contributed by atoms with Crippen molar-refractivity contribution in [3.8, 4) is 0 Å². The fraction of sp³-hybridized carbons (Fsp3) is 0.222. The number of nitrogens with one attached hydrogen (secondary N) is 3. The summed E-state index contributed by atoms with van der Waals surface area (Å²) in [6.45, 7) is 5.89. The van der Waals surface area contributed by atoms with Crippen molar-refractivity contribution < 1.29 is 4.79 Å². The van der Waals surface area contributed by atoms with E-state index in [1.165, 1.54) is 0 Å². The number of hydrogen-bond acceptors (Lipinski definition) is 2. The molecular weight excluding hydrogens is 302 g/mol. The molecule has 0 radical (unpaired) electrons. The number of aliphatic imine (C=N–C) groups is 1. The SMILES string of the molecule is Cc1ccc(NC(=O)Nc2cccc(NC(N)=NC(C)C)c2)cc1. The summed E-state index contributed by atoms with van der Waals surface area (Å²) < 4.78 is 0. The maximum Gasteiger partial charge on any atom is 0.323 e. The van der Waals surface area contributed by atoms with Crippen LogP contribution in [0.3, 0.4) is 0 Å². The first-order valence-corrected chi connectivity index (χ1v) is 7.77. The van der Waals surface area contributed by atoms with Gasteiger partial charge in [0, 0.05) is 23.1 Å². The standard InChI is InChI=1S/C18H23N5O/c1-12(2)20-17(19)21-15-5-4-6-16(11-15)23-18(24)22-14-9-7-13(3)8-10-14/h4-12H,1-3H3,(H3,19,20,21)(H2,22,23,24). The number of carbonyl (C=O) groups excluding carboxylic acids is 1. The molecule has 126 valence electrons. The van der Waals surface area contributed by atoms with Gasteiger partial charge < -0.3 is 21.7 Å². The van der Waals surface area contributed by atoms with Gasteiger partial charge in [0.25, 0.3) is 0 Å². The van der Waals surface area contributed by atoms with Crippen molar-refractivity contribution in [2.75, 3.05) is 16.0 Å².